The molecule has 0 bridgehead atoms. The van der Waals surface area contributed by atoms with Gasteiger partial charge < -0.3 is 10.8 Å². The Kier molecular flexibility index (Phi) is 4.33. The van der Waals surface area contributed by atoms with E-state index in [9.17, 15) is 5.11 Å². The van der Waals surface area contributed by atoms with Gasteiger partial charge in [-0.15, -0.1) is 0 Å². The number of nitrogens with zero attached hydrogens (tertiary/aromatic N) is 1. The summed E-state index contributed by atoms with van der Waals surface area (Å²) in [4.78, 5) is 2.19. The summed E-state index contributed by atoms with van der Waals surface area (Å²) >= 11 is 0. The van der Waals surface area contributed by atoms with Crippen molar-refractivity contribution in [1.29, 1.82) is 0 Å². The van der Waals surface area contributed by atoms with Crippen LogP contribution in [0.5, 0.6) is 0 Å². The first-order chi connectivity index (χ1) is 7.42. The van der Waals surface area contributed by atoms with Crippen LogP contribution in [0.4, 0.5) is 5.69 Å². The van der Waals surface area contributed by atoms with E-state index in [1.165, 1.54) is 0 Å². The van der Waals surface area contributed by atoms with E-state index < -0.39 is 5.60 Å². The van der Waals surface area contributed by atoms with E-state index in [1.54, 1.807) is 0 Å². The summed E-state index contributed by atoms with van der Waals surface area (Å²) < 4.78 is 0. The van der Waals surface area contributed by atoms with Gasteiger partial charge in [-0.2, -0.15) is 0 Å². The maximum absolute atomic E-state index is 9.79. The van der Waals surface area contributed by atoms with Crippen LogP contribution in [0.15, 0.2) is 24.3 Å². The van der Waals surface area contributed by atoms with E-state index in [0.717, 1.165) is 24.3 Å². The Morgan fingerprint density at radius 1 is 1.31 bits per heavy atom. The zero-order valence-corrected chi connectivity index (χ0v) is 10.4. The molecule has 0 amide bonds. The second-order valence-electron chi connectivity index (χ2n) is 4.81. The van der Waals surface area contributed by atoms with E-state index in [-0.39, 0.29) is 0 Å². The lowest BCUT2D eigenvalue weighted by Gasteiger charge is -2.28. The monoisotopic (exact) mass is 222 g/mol. The number of benzene rings is 1. The van der Waals surface area contributed by atoms with Crippen LogP contribution in [-0.4, -0.2) is 28.7 Å². The number of nitrogen functional groups attached to an aromatic ring is 1. The van der Waals surface area contributed by atoms with Gasteiger partial charge in [0.2, 0.25) is 0 Å². The number of hydrogen-bond donors (Lipinski definition) is 2. The van der Waals surface area contributed by atoms with Crippen molar-refractivity contribution < 1.29 is 5.11 Å². The van der Waals surface area contributed by atoms with Crippen LogP contribution >= 0.6 is 0 Å². The summed E-state index contributed by atoms with van der Waals surface area (Å²) in [5.74, 6) is 0. The standard InChI is InChI=1S/C13H22N2O/c1-4-15(10-13(2,3)16)9-11-7-5-6-8-12(11)14/h5-8,16H,4,9-10,14H2,1-3H3. The molecule has 90 valence electrons. The lowest BCUT2D eigenvalue weighted by molar-refractivity contribution is 0.0354. The summed E-state index contributed by atoms with van der Waals surface area (Å²) in [7, 11) is 0. The molecule has 1 aromatic carbocycles. The second kappa shape index (κ2) is 5.32. The molecule has 0 spiro atoms. The molecule has 0 aromatic heterocycles. The highest BCUT2D eigenvalue weighted by Crippen LogP contribution is 2.15. The lowest BCUT2D eigenvalue weighted by Crippen LogP contribution is -2.38. The van der Waals surface area contributed by atoms with Crippen molar-refractivity contribution >= 4 is 5.69 Å². The Hall–Kier alpha value is -1.06. The SMILES string of the molecule is CCN(Cc1ccccc1N)CC(C)(C)O. The van der Waals surface area contributed by atoms with Crippen LogP contribution < -0.4 is 5.73 Å². The van der Waals surface area contributed by atoms with E-state index in [1.807, 2.05) is 38.1 Å². The minimum absolute atomic E-state index is 0.651. The van der Waals surface area contributed by atoms with Gasteiger partial charge in [-0.05, 0) is 32.0 Å². The second-order valence-corrected chi connectivity index (χ2v) is 4.81. The molecular weight excluding hydrogens is 200 g/mol. The Labute approximate surface area is 97.9 Å². The number of nitrogens with two attached hydrogens (primary N) is 1. The highest BCUT2D eigenvalue weighted by molar-refractivity contribution is 5.46. The normalized spacial score (nSPS) is 12.1. The summed E-state index contributed by atoms with van der Waals surface area (Å²) in [6.07, 6.45) is 0. The zero-order chi connectivity index (χ0) is 12.2. The smallest absolute Gasteiger partial charge is 0.0718 e. The number of anilines is 1. The fourth-order valence-corrected chi connectivity index (χ4v) is 1.75. The van der Waals surface area contributed by atoms with Crippen LogP contribution in [0.2, 0.25) is 0 Å². The molecule has 0 saturated heterocycles. The van der Waals surface area contributed by atoms with Gasteiger partial charge in [-0.3, -0.25) is 4.90 Å². The molecule has 0 aliphatic heterocycles. The average Bonchev–Trinajstić information content (AvgIpc) is 2.18. The first-order valence-electron chi connectivity index (χ1n) is 5.70. The molecule has 0 aliphatic carbocycles. The van der Waals surface area contributed by atoms with E-state index in [2.05, 4.69) is 11.8 Å². The average molecular weight is 222 g/mol. The largest absolute Gasteiger partial charge is 0.398 e. The third-order valence-corrected chi connectivity index (χ3v) is 2.51. The predicted octanol–water partition coefficient (Wildman–Crippen LogP) is 1.86. The molecule has 0 aliphatic rings. The predicted molar refractivity (Wildman–Crippen MR) is 68.1 cm³/mol. The minimum atomic E-state index is -0.667. The van der Waals surface area contributed by atoms with Crippen molar-refractivity contribution in [3.05, 3.63) is 29.8 Å². The summed E-state index contributed by atoms with van der Waals surface area (Å²) in [6, 6.07) is 7.87. The number of aliphatic hydroxyl groups is 1. The van der Waals surface area contributed by atoms with E-state index in [0.29, 0.717) is 6.54 Å². The van der Waals surface area contributed by atoms with Crippen LogP contribution in [0, 0.1) is 0 Å². The third-order valence-electron chi connectivity index (χ3n) is 2.51. The summed E-state index contributed by atoms with van der Waals surface area (Å²) in [6.45, 7) is 8.07. The van der Waals surface area contributed by atoms with Gasteiger partial charge in [0.25, 0.3) is 0 Å². The van der Waals surface area contributed by atoms with Crippen LogP contribution in [-0.2, 0) is 6.54 Å². The zero-order valence-electron chi connectivity index (χ0n) is 10.4. The molecule has 0 saturated carbocycles. The Morgan fingerprint density at radius 2 is 1.94 bits per heavy atom. The van der Waals surface area contributed by atoms with Gasteiger partial charge >= 0.3 is 0 Å². The molecule has 3 nitrogen and oxygen atoms in total. The van der Waals surface area contributed by atoms with Gasteiger partial charge in [0.15, 0.2) is 0 Å². The maximum atomic E-state index is 9.79. The summed E-state index contributed by atoms with van der Waals surface area (Å²) in [5.41, 5.74) is 7.17. The molecule has 0 unspecified atom stereocenters. The van der Waals surface area contributed by atoms with Crippen LogP contribution in [0.3, 0.4) is 0 Å². The molecule has 3 heteroatoms. The Bertz CT molecular complexity index is 331. The Morgan fingerprint density at radius 3 is 2.44 bits per heavy atom. The highest BCUT2D eigenvalue weighted by Gasteiger charge is 2.17. The van der Waals surface area contributed by atoms with Crippen molar-refractivity contribution in [3.8, 4) is 0 Å². The molecule has 0 heterocycles. The molecule has 0 fully saturated rings. The van der Waals surface area contributed by atoms with Crippen LogP contribution in [0.25, 0.3) is 0 Å². The van der Waals surface area contributed by atoms with Gasteiger partial charge in [-0.25, -0.2) is 0 Å². The first-order valence-corrected chi connectivity index (χ1v) is 5.70. The van der Waals surface area contributed by atoms with Gasteiger partial charge in [0.05, 0.1) is 5.60 Å². The minimum Gasteiger partial charge on any atom is -0.398 e. The lowest BCUT2D eigenvalue weighted by atomic mass is 10.1. The number of rotatable bonds is 5. The van der Waals surface area contributed by atoms with Gasteiger partial charge in [0.1, 0.15) is 0 Å². The van der Waals surface area contributed by atoms with Gasteiger partial charge in [-0.1, -0.05) is 25.1 Å². The number of likely N-dealkylation sites (N-methyl/N-ethyl adjacent to an activating group) is 1. The molecule has 3 N–H and O–H groups in total. The van der Waals surface area contributed by atoms with Crippen LogP contribution in [0.1, 0.15) is 26.3 Å². The molecular formula is C13H22N2O. The van der Waals surface area contributed by atoms with Crippen molar-refractivity contribution in [2.75, 3.05) is 18.8 Å². The van der Waals surface area contributed by atoms with Crippen molar-refractivity contribution in [3.63, 3.8) is 0 Å². The van der Waals surface area contributed by atoms with Crippen molar-refractivity contribution in [1.82, 2.24) is 4.90 Å². The quantitative estimate of drug-likeness (QED) is 0.748. The van der Waals surface area contributed by atoms with Crippen molar-refractivity contribution in [2.45, 2.75) is 32.9 Å². The van der Waals surface area contributed by atoms with Gasteiger partial charge in [0, 0.05) is 18.8 Å². The molecule has 1 aromatic rings. The first kappa shape index (κ1) is 13.0. The summed E-state index contributed by atoms with van der Waals surface area (Å²) in [5, 5.41) is 9.79. The fraction of sp³-hybridized carbons (Fsp3) is 0.538. The van der Waals surface area contributed by atoms with E-state index >= 15 is 0 Å². The third kappa shape index (κ3) is 4.21. The maximum Gasteiger partial charge on any atom is 0.0718 e. The molecule has 0 radical (unpaired) electrons. The number of para-hydroxylation sites is 1. The Balaban J connectivity index is 2.67. The topological polar surface area (TPSA) is 49.5 Å². The molecule has 0 atom stereocenters. The molecule has 16 heavy (non-hydrogen) atoms. The van der Waals surface area contributed by atoms with E-state index in [4.69, 9.17) is 5.73 Å². The van der Waals surface area contributed by atoms with Crippen molar-refractivity contribution in [2.24, 2.45) is 0 Å². The number of hydrogen-bond acceptors (Lipinski definition) is 3. The fourth-order valence-electron chi connectivity index (χ4n) is 1.75. The molecule has 1 rings (SSSR count). The highest BCUT2D eigenvalue weighted by atomic mass is 16.3.